The van der Waals surface area contributed by atoms with Gasteiger partial charge in [-0.2, -0.15) is 25.5 Å². The number of rotatable bonds is 1. The monoisotopic (exact) mass is 224 g/mol. The van der Waals surface area contributed by atoms with Crippen LogP contribution in [0.5, 0.6) is 0 Å². The second-order valence-electron chi connectivity index (χ2n) is 3.20. The maximum absolute atomic E-state index is 12.2. The minimum atomic E-state index is -4.22. The molecule has 0 radical (unpaired) electrons. The largest absolute Gasteiger partial charge is 1.00 e. The topological polar surface area (TPSA) is 0 Å². The number of hydrogen-bond donors (Lipinski definition) is 0. The fourth-order valence-corrected chi connectivity index (χ4v) is 1.29. The molecule has 1 aliphatic rings. The molecule has 0 spiro atoms. The predicted molar refractivity (Wildman–Crippen MR) is 43.1 cm³/mol. The van der Waals surface area contributed by atoms with Crippen molar-refractivity contribution in [3.05, 3.63) is 41.8 Å². The Balaban J connectivity index is 0.000000980. The number of benzene rings is 1. The van der Waals surface area contributed by atoms with Crippen molar-refractivity contribution in [1.29, 1.82) is 0 Å². The van der Waals surface area contributed by atoms with Crippen LogP contribution in [0.1, 0.15) is 23.5 Å². The van der Waals surface area contributed by atoms with Gasteiger partial charge >= 0.3 is 57.6 Å². The summed E-state index contributed by atoms with van der Waals surface area (Å²) in [4.78, 5) is 0. The van der Waals surface area contributed by atoms with Crippen LogP contribution >= 0.6 is 0 Å². The Morgan fingerprint density at radius 2 is 1.93 bits per heavy atom. The molecule has 1 saturated carbocycles. The van der Waals surface area contributed by atoms with Gasteiger partial charge < -0.3 is 6.42 Å². The average Bonchev–Trinajstić information content (AvgIpc) is 2.85. The minimum Gasteiger partial charge on any atom is -0.325 e. The first-order valence-electron chi connectivity index (χ1n) is 4.08. The molecule has 0 aromatic heterocycles. The van der Waals surface area contributed by atoms with Gasteiger partial charge in [-0.25, -0.2) is 0 Å². The maximum Gasteiger partial charge on any atom is 1.00 e. The zero-order chi connectivity index (χ0) is 9.47. The molecule has 0 aliphatic heterocycles. The Morgan fingerprint density at radius 3 is 2.43 bits per heavy atom. The van der Waals surface area contributed by atoms with E-state index in [0.29, 0.717) is 0 Å². The van der Waals surface area contributed by atoms with Crippen LogP contribution in [0.2, 0.25) is 0 Å². The third-order valence-corrected chi connectivity index (χ3v) is 2.11. The van der Waals surface area contributed by atoms with Crippen molar-refractivity contribution in [2.24, 2.45) is 0 Å². The zero-order valence-electron chi connectivity index (χ0n) is 7.81. The Morgan fingerprint density at radius 1 is 1.29 bits per heavy atom. The first-order valence-corrected chi connectivity index (χ1v) is 4.08. The first-order chi connectivity index (χ1) is 6.07. The molecule has 0 unspecified atom stereocenters. The van der Waals surface area contributed by atoms with E-state index in [1.165, 1.54) is 12.1 Å². The second-order valence-corrected chi connectivity index (χ2v) is 3.20. The second kappa shape index (κ2) is 4.66. The standard InChI is InChI=1S/C10H8F3.K/c11-10(12,13)9-3-1-2-8(6-9)7-4-5-7;/h1-4,6-7H,5H2;/q-1;+1/t7-;/m1./s1. The van der Waals surface area contributed by atoms with E-state index < -0.39 is 11.7 Å². The van der Waals surface area contributed by atoms with Crippen LogP contribution in [0.15, 0.2) is 24.3 Å². The van der Waals surface area contributed by atoms with Gasteiger partial charge in [0.05, 0.1) is 5.56 Å². The summed E-state index contributed by atoms with van der Waals surface area (Å²) >= 11 is 0. The van der Waals surface area contributed by atoms with Gasteiger partial charge in [0.15, 0.2) is 0 Å². The predicted octanol–water partition coefficient (Wildman–Crippen LogP) is 0.401. The zero-order valence-corrected chi connectivity index (χ0v) is 10.9. The fourth-order valence-electron chi connectivity index (χ4n) is 1.29. The minimum absolute atomic E-state index is 0. The fraction of sp³-hybridized carbons (Fsp3) is 0.300. The van der Waals surface area contributed by atoms with Gasteiger partial charge in [0.25, 0.3) is 0 Å². The van der Waals surface area contributed by atoms with E-state index in [2.05, 4.69) is 0 Å². The molecule has 1 aromatic rings. The smallest absolute Gasteiger partial charge is 0.325 e. The summed E-state index contributed by atoms with van der Waals surface area (Å²) in [5.41, 5.74) is 0.222. The van der Waals surface area contributed by atoms with Gasteiger partial charge in [-0.1, -0.05) is 23.8 Å². The molecular formula is C10H8F3K. The molecule has 14 heavy (non-hydrogen) atoms. The van der Waals surface area contributed by atoms with Crippen LogP contribution in [0.4, 0.5) is 13.2 Å². The van der Waals surface area contributed by atoms with Crippen molar-refractivity contribution in [1.82, 2.24) is 0 Å². The SMILES string of the molecule is FC(F)(F)c1cccc([C@@H]2[CH-]C2)c1.[K+]. The summed E-state index contributed by atoms with van der Waals surface area (Å²) < 4.78 is 36.7. The van der Waals surface area contributed by atoms with Gasteiger partial charge in [-0.05, 0) is 6.07 Å². The summed E-state index contributed by atoms with van der Waals surface area (Å²) in [5.74, 6) is 0.252. The van der Waals surface area contributed by atoms with Crippen molar-refractivity contribution in [3.8, 4) is 0 Å². The number of alkyl halides is 3. The molecule has 0 nitrogen and oxygen atoms in total. The Hall–Kier alpha value is 0.646. The first kappa shape index (κ1) is 12.7. The van der Waals surface area contributed by atoms with Gasteiger partial charge in [0, 0.05) is 0 Å². The molecule has 0 N–H and O–H groups in total. The van der Waals surface area contributed by atoms with Gasteiger partial charge in [0.1, 0.15) is 0 Å². The van der Waals surface area contributed by atoms with Gasteiger partial charge in [-0.15, -0.1) is 0 Å². The van der Waals surface area contributed by atoms with Crippen LogP contribution in [0.3, 0.4) is 0 Å². The van der Waals surface area contributed by atoms with E-state index >= 15 is 0 Å². The molecule has 4 heteroatoms. The maximum atomic E-state index is 12.2. The molecular weight excluding hydrogens is 216 g/mol. The van der Waals surface area contributed by atoms with Crippen molar-refractivity contribution in [2.45, 2.75) is 18.5 Å². The molecule has 0 amide bonds. The number of hydrogen-bond acceptors (Lipinski definition) is 0. The van der Waals surface area contributed by atoms with E-state index in [-0.39, 0.29) is 57.3 Å². The molecule has 0 heterocycles. The molecule has 0 saturated heterocycles. The average molecular weight is 224 g/mol. The molecule has 2 rings (SSSR count). The molecule has 1 fully saturated rings. The van der Waals surface area contributed by atoms with Crippen molar-refractivity contribution < 1.29 is 64.6 Å². The van der Waals surface area contributed by atoms with Crippen LogP contribution in [-0.4, -0.2) is 0 Å². The summed E-state index contributed by atoms with van der Waals surface area (Å²) in [6.45, 7) is 0. The molecule has 1 aromatic carbocycles. The summed E-state index contributed by atoms with van der Waals surface area (Å²) in [7, 11) is 0. The Bertz CT molecular complexity index is 315. The van der Waals surface area contributed by atoms with Crippen molar-refractivity contribution in [2.75, 3.05) is 0 Å². The normalized spacial score (nSPS) is 20.1. The van der Waals surface area contributed by atoms with E-state index in [4.69, 9.17) is 0 Å². The summed E-state index contributed by atoms with van der Waals surface area (Å²) in [6, 6.07) is 5.54. The van der Waals surface area contributed by atoms with Crippen LogP contribution in [0.25, 0.3) is 0 Å². The third-order valence-electron chi connectivity index (χ3n) is 2.11. The number of halogens is 3. The van der Waals surface area contributed by atoms with Crippen LogP contribution in [0, 0.1) is 6.42 Å². The van der Waals surface area contributed by atoms with E-state index in [1.807, 2.05) is 6.42 Å². The van der Waals surface area contributed by atoms with E-state index in [1.54, 1.807) is 6.07 Å². The molecule has 0 bridgehead atoms. The Kier molecular flexibility index (Phi) is 4.23. The third kappa shape index (κ3) is 3.07. The molecule has 1 atom stereocenters. The van der Waals surface area contributed by atoms with Crippen molar-refractivity contribution in [3.63, 3.8) is 0 Å². The quantitative estimate of drug-likeness (QED) is 0.478. The van der Waals surface area contributed by atoms with Gasteiger partial charge in [-0.3, -0.25) is 0 Å². The summed E-state index contributed by atoms with van der Waals surface area (Å²) in [5, 5.41) is 0. The van der Waals surface area contributed by atoms with E-state index in [0.717, 1.165) is 18.1 Å². The Labute approximate surface area is 123 Å². The van der Waals surface area contributed by atoms with E-state index in [9.17, 15) is 13.2 Å². The molecule has 1 aliphatic carbocycles. The van der Waals surface area contributed by atoms with Crippen molar-refractivity contribution >= 4 is 0 Å². The van der Waals surface area contributed by atoms with Crippen LogP contribution in [-0.2, 0) is 6.18 Å². The van der Waals surface area contributed by atoms with Crippen LogP contribution < -0.4 is 51.4 Å². The molecule has 70 valence electrons. The summed E-state index contributed by atoms with van der Waals surface area (Å²) in [6.07, 6.45) is -1.32. The van der Waals surface area contributed by atoms with Gasteiger partial charge in [0.2, 0.25) is 0 Å².